The molecule has 4 heteroatoms. The van der Waals surface area contributed by atoms with E-state index in [0.29, 0.717) is 11.1 Å². The molecule has 4 rings (SSSR count). The van der Waals surface area contributed by atoms with Crippen molar-refractivity contribution in [1.82, 2.24) is 4.90 Å². The van der Waals surface area contributed by atoms with Crippen LogP contribution in [0.2, 0.25) is 0 Å². The number of fused-ring (bicyclic) bond motifs is 1. The number of carbonyl (C=O) groups is 2. The summed E-state index contributed by atoms with van der Waals surface area (Å²) in [5.74, 6) is -0.00413. The van der Waals surface area contributed by atoms with Crippen molar-refractivity contribution in [3.63, 3.8) is 0 Å². The Hall–Kier alpha value is -2.62. The first kappa shape index (κ1) is 15.9. The number of likely N-dealkylation sites (tertiary alicyclic amines) is 1. The Morgan fingerprint density at radius 2 is 1.60 bits per heavy atom. The van der Waals surface area contributed by atoms with Crippen LogP contribution in [0.15, 0.2) is 48.5 Å². The topological polar surface area (TPSA) is 40.6 Å². The molecule has 4 nitrogen and oxygen atoms in total. The van der Waals surface area contributed by atoms with Gasteiger partial charge in [0.25, 0.3) is 11.8 Å². The summed E-state index contributed by atoms with van der Waals surface area (Å²) < 4.78 is 0. The van der Waals surface area contributed by atoms with E-state index in [1.807, 2.05) is 34.1 Å². The van der Waals surface area contributed by atoms with Crippen molar-refractivity contribution in [2.24, 2.45) is 0 Å². The summed E-state index contributed by atoms with van der Waals surface area (Å²) in [6.07, 6.45) is 2.99. The summed E-state index contributed by atoms with van der Waals surface area (Å²) in [5, 5.41) is 0. The summed E-state index contributed by atoms with van der Waals surface area (Å²) in [7, 11) is 0. The lowest BCUT2D eigenvalue weighted by molar-refractivity contribution is 0.0793. The van der Waals surface area contributed by atoms with Crippen LogP contribution in [0.25, 0.3) is 0 Å². The smallest absolute Gasteiger partial charge is 0.258 e. The molecule has 0 bridgehead atoms. The number of hydrogen-bond acceptors (Lipinski definition) is 2. The second kappa shape index (κ2) is 6.36. The molecule has 25 heavy (non-hydrogen) atoms. The third-order valence-corrected chi connectivity index (χ3v) is 5.18. The molecule has 128 valence electrons. The summed E-state index contributed by atoms with van der Waals surface area (Å²) in [6.45, 7) is 3.69. The van der Waals surface area contributed by atoms with Gasteiger partial charge in [0.05, 0.1) is 0 Å². The number of rotatable bonds is 2. The molecule has 0 spiro atoms. The normalized spacial score (nSPS) is 19.2. The van der Waals surface area contributed by atoms with Crippen LogP contribution in [-0.2, 0) is 6.42 Å². The molecular weight excluding hydrogens is 312 g/mol. The third kappa shape index (κ3) is 2.82. The minimum atomic E-state index is -0.0338. The number of nitrogens with zero attached hydrogens (tertiary/aromatic N) is 2. The van der Waals surface area contributed by atoms with Gasteiger partial charge in [-0.2, -0.15) is 0 Å². The van der Waals surface area contributed by atoms with Gasteiger partial charge >= 0.3 is 0 Å². The molecule has 0 aliphatic carbocycles. The highest BCUT2D eigenvalue weighted by Gasteiger charge is 2.31. The van der Waals surface area contributed by atoms with Gasteiger partial charge in [-0.15, -0.1) is 0 Å². The van der Waals surface area contributed by atoms with Crippen LogP contribution in [0.5, 0.6) is 0 Å². The zero-order valence-electron chi connectivity index (χ0n) is 14.4. The summed E-state index contributed by atoms with van der Waals surface area (Å²) >= 11 is 0. The lowest BCUT2D eigenvalue weighted by atomic mass is 10.1. The molecule has 2 aliphatic heterocycles. The zero-order chi connectivity index (χ0) is 17.4. The fraction of sp³-hybridized carbons (Fsp3) is 0.333. The highest BCUT2D eigenvalue weighted by Crippen LogP contribution is 2.33. The Morgan fingerprint density at radius 1 is 0.920 bits per heavy atom. The Bertz CT molecular complexity index is 824. The Kier molecular flexibility index (Phi) is 4.04. The van der Waals surface area contributed by atoms with Gasteiger partial charge in [-0.05, 0) is 56.0 Å². The summed E-state index contributed by atoms with van der Waals surface area (Å²) in [6, 6.07) is 15.3. The van der Waals surface area contributed by atoms with E-state index >= 15 is 0 Å². The predicted molar refractivity (Wildman–Crippen MR) is 98.0 cm³/mol. The van der Waals surface area contributed by atoms with E-state index in [-0.39, 0.29) is 17.9 Å². The highest BCUT2D eigenvalue weighted by atomic mass is 16.2. The standard InChI is InChI=1S/C21H22N2O2/c1-15-13-16-7-2-3-10-19(16)23(15)21(25)18-9-6-8-17(14-18)20(24)22-11-4-5-12-22/h2-3,6-10,14-15H,4-5,11-13H2,1H3. The van der Waals surface area contributed by atoms with Crippen LogP contribution in [0.3, 0.4) is 0 Å². The molecule has 2 aromatic rings. The van der Waals surface area contributed by atoms with E-state index in [1.165, 1.54) is 5.56 Å². The zero-order valence-corrected chi connectivity index (χ0v) is 14.4. The number of para-hydroxylation sites is 1. The van der Waals surface area contributed by atoms with Gasteiger partial charge in [0.15, 0.2) is 0 Å². The van der Waals surface area contributed by atoms with Gasteiger partial charge in [-0.3, -0.25) is 9.59 Å². The maximum absolute atomic E-state index is 13.1. The van der Waals surface area contributed by atoms with Crippen molar-refractivity contribution in [3.8, 4) is 0 Å². The first-order chi connectivity index (χ1) is 12.1. The van der Waals surface area contributed by atoms with Gasteiger partial charge in [0.2, 0.25) is 0 Å². The van der Waals surface area contributed by atoms with Crippen LogP contribution < -0.4 is 4.90 Å². The molecule has 2 aromatic carbocycles. The largest absolute Gasteiger partial charge is 0.339 e. The summed E-state index contributed by atoms with van der Waals surface area (Å²) in [4.78, 5) is 29.5. The van der Waals surface area contributed by atoms with Crippen LogP contribution in [0.1, 0.15) is 46.0 Å². The van der Waals surface area contributed by atoms with E-state index in [2.05, 4.69) is 13.0 Å². The molecular formula is C21H22N2O2. The van der Waals surface area contributed by atoms with Gasteiger partial charge < -0.3 is 9.80 Å². The minimum absolute atomic E-state index is 0.0296. The summed E-state index contributed by atoms with van der Waals surface area (Å²) in [5.41, 5.74) is 3.37. The SMILES string of the molecule is CC1Cc2ccccc2N1C(=O)c1cccc(C(=O)N2CCCC2)c1. The Morgan fingerprint density at radius 3 is 2.36 bits per heavy atom. The van der Waals surface area contributed by atoms with E-state index in [0.717, 1.165) is 38.0 Å². The average Bonchev–Trinajstić information content (AvgIpc) is 3.27. The molecule has 2 aliphatic rings. The van der Waals surface area contributed by atoms with E-state index < -0.39 is 0 Å². The molecule has 2 amide bonds. The van der Waals surface area contributed by atoms with Gasteiger partial charge in [0.1, 0.15) is 0 Å². The minimum Gasteiger partial charge on any atom is -0.339 e. The van der Waals surface area contributed by atoms with E-state index in [1.54, 1.807) is 18.2 Å². The molecule has 1 unspecified atom stereocenters. The number of amides is 2. The predicted octanol–water partition coefficient (Wildman–Crippen LogP) is 3.51. The van der Waals surface area contributed by atoms with Gasteiger partial charge in [-0.25, -0.2) is 0 Å². The Labute approximate surface area is 148 Å². The molecule has 0 radical (unpaired) electrons. The number of hydrogen-bond donors (Lipinski definition) is 0. The monoisotopic (exact) mass is 334 g/mol. The van der Waals surface area contributed by atoms with Crippen LogP contribution in [0, 0.1) is 0 Å². The number of benzene rings is 2. The lowest BCUT2D eigenvalue weighted by Gasteiger charge is -2.23. The van der Waals surface area contributed by atoms with Crippen molar-refractivity contribution in [1.29, 1.82) is 0 Å². The molecule has 0 N–H and O–H groups in total. The van der Waals surface area contributed by atoms with Crippen molar-refractivity contribution in [2.45, 2.75) is 32.2 Å². The van der Waals surface area contributed by atoms with E-state index in [9.17, 15) is 9.59 Å². The second-order valence-electron chi connectivity index (χ2n) is 6.94. The van der Waals surface area contributed by atoms with Gasteiger partial charge in [0, 0.05) is 35.9 Å². The van der Waals surface area contributed by atoms with Gasteiger partial charge in [-0.1, -0.05) is 24.3 Å². The maximum Gasteiger partial charge on any atom is 0.258 e. The third-order valence-electron chi connectivity index (χ3n) is 5.18. The first-order valence-electron chi connectivity index (χ1n) is 8.96. The number of anilines is 1. The fourth-order valence-electron chi connectivity index (χ4n) is 3.90. The van der Waals surface area contributed by atoms with Crippen LogP contribution >= 0.6 is 0 Å². The molecule has 2 heterocycles. The highest BCUT2D eigenvalue weighted by molar-refractivity contribution is 6.09. The van der Waals surface area contributed by atoms with Crippen molar-refractivity contribution >= 4 is 17.5 Å². The Balaban J connectivity index is 1.63. The van der Waals surface area contributed by atoms with Crippen LogP contribution in [0.4, 0.5) is 5.69 Å². The van der Waals surface area contributed by atoms with Crippen molar-refractivity contribution < 1.29 is 9.59 Å². The molecule has 0 saturated carbocycles. The molecule has 1 atom stereocenters. The van der Waals surface area contributed by atoms with Crippen molar-refractivity contribution in [2.75, 3.05) is 18.0 Å². The molecule has 1 saturated heterocycles. The maximum atomic E-state index is 13.1. The average molecular weight is 334 g/mol. The van der Waals surface area contributed by atoms with Crippen molar-refractivity contribution in [3.05, 3.63) is 65.2 Å². The quantitative estimate of drug-likeness (QED) is 0.843. The van der Waals surface area contributed by atoms with E-state index in [4.69, 9.17) is 0 Å². The lowest BCUT2D eigenvalue weighted by Crippen LogP contribution is -2.36. The number of carbonyl (C=O) groups excluding carboxylic acids is 2. The molecule has 1 fully saturated rings. The fourth-order valence-corrected chi connectivity index (χ4v) is 3.90. The second-order valence-corrected chi connectivity index (χ2v) is 6.94. The first-order valence-corrected chi connectivity index (χ1v) is 8.96. The van der Waals surface area contributed by atoms with Crippen LogP contribution in [-0.4, -0.2) is 35.8 Å². The molecule has 0 aromatic heterocycles.